The number of rotatable bonds is 1. The van der Waals surface area contributed by atoms with Gasteiger partial charge in [0.2, 0.25) is 0 Å². The lowest BCUT2D eigenvalue weighted by Crippen LogP contribution is -2.38. The zero-order valence-corrected chi connectivity index (χ0v) is 4.27. The van der Waals surface area contributed by atoms with Gasteiger partial charge in [-0.25, -0.2) is 0 Å². The smallest absolute Gasteiger partial charge is 0.105 e. The molecule has 0 aromatic rings. The minimum absolute atomic E-state index is 0.000000000000000222. The molecule has 39 valence electrons. The highest BCUT2D eigenvalue weighted by molar-refractivity contribution is 5.60. The van der Waals surface area contributed by atoms with Crippen molar-refractivity contribution < 1.29 is 4.74 Å². The Morgan fingerprint density at radius 1 is 1.86 bits per heavy atom. The molecule has 1 saturated heterocycles. The van der Waals surface area contributed by atoms with Gasteiger partial charge < -0.3 is 10.1 Å². The predicted molar refractivity (Wildman–Crippen MR) is 26.6 cm³/mol. The summed E-state index contributed by atoms with van der Waals surface area (Å²) in [5.74, 6) is 0.525. The highest BCUT2D eigenvalue weighted by Gasteiger charge is 2.25. The van der Waals surface area contributed by atoms with Crippen molar-refractivity contribution >= 4 is 6.21 Å². The molecule has 2 heteroatoms. The Hall–Kier alpha value is -0.370. The first-order valence-corrected chi connectivity index (χ1v) is 2.38. The Bertz CT molecular complexity index is 82.1. The van der Waals surface area contributed by atoms with Gasteiger partial charge in [-0.2, -0.15) is 0 Å². The van der Waals surface area contributed by atoms with E-state index in [0.717, 1.165) is 6.61 Å². The molecule has 2 nitrogen and oxygen atoms in total. The van der Waals surface area contributed by atoms with E-state index in [1.807, 2.05) is 0 Å². The van der Waals surface area contributed by atoms with Crippen LogP contribution in [-0.2, 0) is 4.74 Å². The van der Waals surface area contributed by atoms with Crippen LogP contribution in [0.15, 0.2) is 0 Å². The van der Waals surface area contributed by atoms with Crippen LogP contribution in [-0.4, -0.2) is 18.9 Å². The number of ether oxygens (including phenoxy) is 1. The molecule has 0 bridgehead atoms. The minimum atomic E-state index is -0.000000000000000222. The van der Waals surface area contributed by atoms with E-state index in [1.165, 1.54) is 0 Å². The van der Waals surface area contributed by atoms with Crippen molar-refractivity contribution in [2.75, 3.05) is 6.61 Å². The molecule has 1 radical (unpaired) electrons. The lowest BCUT2D eigenvalue weighted by atomic mass is 10.0. The third kappa shape index (κ3) is 0.657. The average molecular weight is 98.1 g/mol. The highest BCUT2D eigenvalue weighted by Crippen LogP contribution is 2.16. The quantitative estimate of drug-likeness (QED) is 0.477. The fourth-order valence-electron chi connectivity index (χ4n) is 0.569. The van der Waals surface area contributed by atoms with Crippen molar-refractivity contribution in [3.63, 3.8) is 0 Å². The Balaban J connectivity index is 2.28. The zero-order chi connectivity index (χ0) is 5.28. The molecule has 0 amide bonds. The molecule has 7 heavy (non-hydrogen) atoms. The lowest BCUT2D eigenvalue weighted by molar-refractivity contribution is -0.0607. The standard InChI is InChI=1S/C5H8NO/c1-4-3-7-5(4)2-6/h4-6H,3H2,1H3. The average Bonchev–Trinajstić information content (AvgIpc) is 1.65. The SMILES string of the molecule is CC1COC1[C]=N. The van der Waals surface area contributed by atoms with E-state index in [1.54, 1.807) is 0 Å². The third-order valence-electron chi connectivity index (χ3n) is 1.20. The summed E-state index contributed by atoms with van der Waals surface area (Å²) in [5.41, 5.74) is 0. The Morgan fingerprint density at radius 3 is 2.57 bits per heavy atom. The second-order valence-corrected chi connectivity index (χ2v) is 1.88. The van der Waals surface area contributed by atoms with Crippen molar-refractivity contribution in [2.24, 2.45) is 5.92 Å². The lowest BCUT2D eigenvalue weighted by Gasteiger charge is -2.29. The molecule has 0 spiro atoms. The van der Waals surface area contributed by atoms with Crippen LogP contribution in [0, 0.1) is 11.3 Å². The van der Waals surface area contributed by atoms with E-state index in [9.17, 15) is 0 Å². The molecule has 1 fully saturated rings. The summed E-state index contributed by atoms with van der Waals surface area (Å²) in [5, 5.41) is 6.62. The van der Waals surface area contributed by atoms with Gasteiger partial charge in [0.1, 0.15) is 6.10 Å². The van der Waals surface area contributed by atoms with Gasteiger partial charge in [0.15, 0.2) is 0 Å². The van der Waals surface area contributed by atoms with Crippen LogP contribution < -0.4 is 0 Å². The largest absolute Gasteiger partial charge is 0.371 e. The summed E-state index contributed by atoms with van der Waals surface area (Å²) in [6.07, 6.45) is 2.28. The van der Waals surface area contributed by atoms with Crippen LogP contribution in [0.3, 0.4) is 0 Å². The van der Waals surface area contributed by atoms with E-state index in [-0.39, 0.29) is 6.10 Å². The van der Waals surface area contributed by atoms with Gasteiger partial charge in [0, 0.05) is 5.92 Å². The summed E-state index contributed by atoms with van der Waals surface area (Å²) >= 11 is 0. The monoisotopic (exact) mass is 98.1 g/mol. The normalized spacial score (nSPS) is 39.6. The van der Waals surface area contributed by atoms with Gasteiger partial charge in [-0.1, -0.05) is 6.92 Å². The summed E-state index contributed by atoms with van der Waals surface area (Å²) in [7, 11) is 0. The van der Waals surface area contributed by atoms with Gasteiger partial charge in [-0.3, -0.25) is 0 Å². The van der Waals surface area contributed by atoms with Crippen LogP contribution in [0.5, 0.6) is 0 Å². The molecule has 2 unspecified atom stereocenters. The topological polar surface area (TPSA) is 33.1 Å². The third-order valence-corrected chi connectivity index (χ3v) is 1.20. The molecular weight excluding hydrogens is 90.1 g/mol. The van der Waals surface area contributed by atoms with Gasteiger partial charge in [0.25, 0.3) is 0 Å². The second kappa shape index (κ2) is 1.62. The molecule has 0 aromatic heterocycles. The van der Waals surface area contributed by atoms with Crippen molar-refractivity contribution in [1.82, 2.24) is 0 Å². The predicted octanol–water partition coefficient (Wildman–Crippen LogP) is 0.548. The minimum Gasteiger partial charge on any atom is -0.371 e. The van der Waals surface area contributed by atoms with Gasteiger partial charge >= 0.3 is 0 Å². The first kappa shape index (κ1) is 4.78. The molecule has 0 saturated carbocycles. The maximum absolute atomic E-state index is 6.62. The van der Waals surface area contributed by atoms with Crippen LogP contribution >= 0.6 is 0 Å². The molecule has 1 rings (SSSR count). The first-order valence-electron chi connectivity index (χ1n) is 2.38. The summed E-state index contributed by atoms with van der Waals surface area (Å²) in [6.45, 7) is 2.85. The Morgan fingerprint density at radius 2 is 2.57 bits per heavy atom. The zero-order valence-electron chi connectivity index (χ0n) is 4.27. The highest BCUT2D eigenvalue weighted by atomic mass is 16.5. The Kier molecular flexibility index (Phi) is 1.11. The van der Waals surface area contributed by atoms with Crippen LogP contribution in [0.25, 0.3) is 0 Å². The van der Waals surface area contributed by atoms with Gasteiger partial charge in [-0.05, 0) is 0 Å². The van der Waals surface area contributed by atoms with Crippen LogP contribution in [0.1, 0.15) is 6.92 Å². The maximum Gasteiger partial charge on any atom is 0.105 e. The maximum atomic E-state index is 6.62. The van der Waals surface area contributed by atoms with Crippen LogP contribution in [0.4, 0.5) is 0 Å². The number of hydrogen-bond donors (Lipinski definition) is 1. The molecule has 0 aliphatic carbocycles. The van der Waals surface area contributed by atoms with Crippen molar-refractivity contribution in [3.8, 4) is 0 Å². The molecular formula is C5H8NO. The van der Waals surface area contributed by atoms with E-state index < -0.39 is 0 Å². The molecule has 1 aliphatic rings. The molecule has 1 heterocycles. The van der Waals surface area contributed by atoms with E-state index in [2.05, 4.69) is 13.1 Å². The van der Waals surface area contributed by atoms with E-state index in [0.29, 0.717) is 5.92 Å². The Labute approximate surface area is 43.0 Å². The van der Waals surface area contributed by atoms with Crippen molar-refractivity contribution in [1.29, 1.82) is 5.41 Å². The molecule has 1 N–H and O–H groups in total. The number of nitrogens with one attached hydrogen (secondary N) is 1. The molecule has 2 atom stereocenters. The summed E-state index contributed by atoms with van der Waals surface area (Å²) < 4.78 is 4.89. The first-order chi connectivity index (χ1) is 3.34. The van der Waals surface area contributed by atoms with E-state index >= 15 is 0 Å². The van der Waals surface area contributed by atoms with Crippen LogP contribution in [0.2, 0.25) is 0 Å². The molecule has 1 aliphatic heterocycles. The van der Waals surface area contributed by atoms with Gasteiger partial charge in [-0.15, -0.1) is 0 Å². The fraction of sp³-hybridized carbons (Fsp3) is 0.800. The fourth-order valence-corrected chi connectivity index (χ4v) is 0.569. The molecule has 0 aromatic carbocycles. The van der Waals surface area contributed by atoms with Crippen molar-refractivity contribution in [2.45, 2.75) is 13.0 Å². The summed E-state index contributed by atoms with van der Waals surface area (Å²) in [6, 6.07) is 0. The van der Waals surface area contributed by atoms with Gasteiger partial charge in [0.05, 0.1) is 12.8 Å². The van der Waals surface area contributed by atoms with Crippen molar-refractivity contribution in [3.05, 3.63) is 0 Å². The second-order valence-electron chi connectivity index (χ2n) is 1.88. The number of hydrogen-bond acceptors (Lipinski definition) is 2. The summed E-state index contributed by atoms with van der Waals surface area (Å²) in [4.78, 5) is 0. The van der Waals surface area contributed by atoms with E-state index in [4.69, 9.17) is 10.1 Å².